The molecular weight excluding hydrogens is 1040 g/mol. The van der Waals surface area contributed by atoms with Crippen molar-refractivity contribution in [3.8, 4) is 11.3 Å². The lowest BCUT2D eigenvalue weighted by Gasteiger charge is -2.17. The molecule has 84 heavy (non-hydrogen) atoms. The smallest absolute Gasteiger partial charge is 0.333 e. The van der Waals surface area contributed by atoms with Crippen molar-refractivity contribution in [2.75, 3.05) is 0 Å². The summed E-state index contributed by atoms with van der Waals surface area (Å²) in [5.41, 5.74) is 10.9. The minimum Gasteiger partial charge on any atom is -0.457 e. The van der Waals surface area contributed by atoms with E-state index < -0.39 is 11.9 Å². The largest absolute Gasteiger partial charge is 0.457 e. The van der Waals surface area contributed by atoms with Crippen LogP contribution in [-0.4, -0.2) is 32.9 Å². The number of rotatable bonds is 15. The van der Waals surface area contributed by atoms with Crippen molar-refractivity contribution in [3.05, 3.63) is 294 Å². The first-order chi connectivity index (χ1) is 40.9. The molecule has 0 aliphatic heterocycles. The number of benzene rings is 11. The maximum atomic E-state index is 12.1. The second kappa shape index (κ2) is 25.9. The molecule has 9 heteroatoms. The fourth-order valence-corrected chi connectivity index (χ4v) is 10.6. The molecule has 0 atom stereocenters. The van der Waals surface area contributed by atoms with E-state index in [4.69, 9.17) is 14.2 Å². The molecule has 0 saturated carbocycles. The van der Waals surface area contributed by atoms with Crippen molar-refractivity contribution in [3.63, 3.8) is 0 Å². The van der Waals surface area contributed by atoms with Gasteiger partial charge >= 0.3 is 17.9 Å². The lowest BCUT2D eigenvalue weighted by molar-refractivity contribution is -0.141. The van der Waals surface area contributed by atoms with E-state index in [0.717, 1.165) is 88.6 Å². The van der Waals surface area contributed by atoms with Crippen molar-refractivity contribution in [1.82, 2.24) is 15.0 Å². The quantitative estimate of drug-likeness (QED) is 0.0432. The van der Waals surface area contributed by atoms with Crippen molar-refractivity contribution in [2.45, 2.75) is 53.6 Å². The number of fused-ring (bicyclic) bond motifs is 6. The Hall–Kier alpha value is -10.5. The summed E-state index contributed by atoms with van der Waals surface area (Å²) in [6.07, 6.45) is 4.80. The van der Waals surface area contributed by atoms with Crippen LogP contribution in [0.2, 0.25) is 0 Å². The number of nitrogens with zero attached hydrogens (tertiary/aromatic N) is 3. The highest BCUT2D eigenvalue weighted by Gasteiger charge is 2.19. The lowest BCUT2D eigenvalue weighted by Crippen LogP contribution is -2.08. The molecule has 11 aromatic carbocycles. The van der Waals surface area contributed by atoms with E-state index in [1.165, 1.54) is 32.7 Å². The van der Waals surface area contributed by atoms with Gasteiger partial charge < -0.3 is 14.2 Å². The number of carbonyl (C=O) groups is 3. The molecule has 0 unspecified atom stereocenters. The van der Waals surface area contributed by atoms with Gasteiger partial charge in [0.15, 0.2) is 0 Å². The highest BCUT2D eigenvalue weighted by atomic mass is 16.5. The Bertz CT molecular complexity index is 4240. The Morgan fingerprint density at radius 1 is 0.429 bits per heavy atom. The van der Waals surface area contributed by atoms with Gasteiger partial charge in [-0.2, -0.15) is 0 Å². The third kappa shape index (κ3) is 12.7. The maximum absolute atomic E-state index is 12.1. The van der Waals surface area contributed by atoms with Crippen LogP contribution in [0.4, 0.5) is 0 Å². The zero-order valence-corrected chi connectivity index (χ0v) is 47.4. The molecule has 0 aliphatic rings. The summed E-state index contributed by atoms with van der Waals surface area (Å²) in [5, 5.41) is 22.2. The van der Waals surface area contributed by atoms with E-state index in [0.29, 0.717) is 23.3 Å². The van der Waals surface area contributed by atoms with Crippen LogP contribution in [0.3, 0.4) is 0 Å². The minimum absolute atomic E-state index is 0.137. The predicted octanol–water partition coefficient (Wildman–Crippen LogP) is 17.4. The Morgan fingerprint density at radius 3 is 1.14 bits per heavy atom. The molecule has 0 amide bonds. The minimum atomic E-state index is -0.423. The number of aromatic nitrogens is 3. The zero-order valence-electron chi connectivity index (χ0n) is 47.4. The molecule has 0 radical (unpaired) electrons. The van der Waals surface area contributed by atoms with Gasteiger partial charge in [0.05, 0.1) is 12.7 Å². The molecule has 0 saturated heterocycles. The Kier molecular flexibility index (Phi) is 17.5. The van der Waals surface area contributed by atoms with Crippen LogP contribution in [0.1, 0.15) is 59.7 Å². The van der Waals surface area contributed by atoms with Crippen LogP contribution >= 0.6 is 0 Å². The zero-order chi connectivity index (χ0) is 58.7. The van der Waals surface area contributed by atoms with Crippen LogP contribution < -0.4 is 0 Å². The van der Waals surface area contributed by atoms with E-state index in [-0.39, 0.29) is 25.8 Å². The molecule has 1 aromatic heterocycles. The first-order valence-electron chi connectivity index (χ1n) is 27.7. The summed E-state index contributed by atoms with van der Waals surface area (Å²) in [7, 11) is 0. The van der Waals surface area contributed by atoms with E-state index in [9.17, 15) is 14.4 Å². The van der Waals surface area contributed by atoms with Crippen LogP contribution in [0, 0.1) is 0 Å². The molecular formula is C75H63N3O6. The van der Waals surface area contributed by atoms with E-state index in [1.54, 1.807) is 20.8 Å². The van der Waals surface area contributed by atoms with E-state index >= 15 is 0 Å². The van der Waals surface area contributed by atoms with Crippen LogP contribution in [0.25, 0.3) is 82.0 Å². The van der Waals surface area contributed by atoms with Crippen LogP contribution in [0.5, 0.6) is 0 Å². The third-order valence-electron chi connectivity index (χ3n) is 14.8. The Balaban J connectivity index is 0.000000143. The highest BCUT2D eigenvalue weighted by Crippen LogP contribution is 2.37. The number of hydrogen-bond donors (Lipinski definition) is 0. The van der Waals surface area contributed by atoms with Gasteiger partial charge in [-0.3, -0.25) is 0 Å². The fourth-order valence-electron chi connectivity index (χ4n) is 10.6. The second-order valence-electron chi connectivity index (χ2n) is 20.8. The van der Waals surface area contributed by atoms with Gasteiger partial charge in [-0.05, 0) is 120 Å². The summed E-state index contributed by atoms with van der Waals surface area (Å²) in [4.78, 5) is 35.9. The van der Waals surface area contributed by atoms with Gasteiger partial charge in [-0.1, -0.05) is 238 Å². The van der Waals surface area contributed by atoms with E-state index in [1.807, 2.05) is 120 Å². The third-order valence-corrected chi connectivity index (χ3v) is 14.8. The number of hydrogen-bond acceptors (Lipinski definition) is 8. The molecule has 414 valence electrons. The molecule has 1 heterocycles. The van der Waals surface area contributed by atoms with Gasteiger partial charge in [0.2, 0.25) is 0 Å². The topological polar surface area (TPSA) is 110 Å². The van der Waals surface area contributed by atoms with Crippen molar-refractivity contribution in [2.24, 2.45) is 0 Å². The summed E-state index contributed by atoms with van der Waals surface area (Å²) in [5.74, 6) is -1.23. The molecule has 0 N–H and O–H groups in total. The first kappa shape index (κ1) is 56.8. The van der Waals surface area contributed by atoms with Gasteiger partial charge in [0.25, 0.3) is 0 Å². The maximum Gasteiger partial charge on any atom is 0.333 e. The van der Waals surface area contributed by atoms with Gasteiger partial charge in [-0.15, -0.1) is 5.10 Å². The summed E-state index contributed by atoms with van der Waals surface area (Å²) in [6, 6.07) is 70.4. The molecule has 0 spiro atoms. The van der Waals surface area contributed by atoms with Crippen LogP contribution in [-0.2, 0) is 61.4 Å². The Morgan fingerprint density at radius 2 is 0.774 bits per heavy atom. The summed E-state index contributed by atoms with van der Waals surface area (Å²) >= 11 is 0. The highest BCUT2D eigenvalue weighted by molar-refractivity contribution is 6.08. The fraction of sp³-hybridized carbons (Fsp3) is 0.107. The van der Waals surface area contributed by atoms with Crippen molar-refractivity contribution >= 4 is 88.6 Å². The average molecular weight is 1100 g/mol. The van der Waals surface area contributed by atoms with Gasteiger partial charge in [0.1, 0.15) is 25.5 Å². The van der Waals surface area contributed by atoms with Crippen molar-refractivity contribution < 1.29 is 28.6 Å². The molecule has 0 bridgehead atoms. The number of esters is 3. The molecule has 12 aromatic rings. The molecule has 9 nitrogen and oxygen atoms in total. The summed E-state index contributed by atoms with van der Waals surface area (Å²) < 4.78 is 18.3. The average Bonchev–Trinajstić information content (AvgIpc) is 3.49. The monoisotopic (exact) mass is 1100 g/mol. The molecule has 0 fully saturated rings. The number of carbonyl (C=O) groups excluding carboxylic acids is 3. The van der Waals surface area contributed by atoms with Gasteiger partial charge in [-0.25, -0.2) is 19.1 Å². The van der Waals surface area contributed by atoms with Crippen molar-refractivity contribution in [1.29, 1.82) is 0 Å². The second-order valence-corrected chi connectivity index (χ2v) is 20.8. The standard InChI is InChI=1S/C28H23N3O2.C24H22O4.C23H18/c1-19(2)28(32)33-18-26-23-14-8-6-12-21(23)25(22-13-7-9-15-24(22)26)16-31-17-27(29-30-31)20-10-4-3-5-11-20;1-15(2)23(25)27-13-21-17-9-5-7-11-19(17)22(14-28-24(26)16(3)4)20-12-8-6-10-18(20)21;1-2-17-11-13-18(14-12-17)15-23-21-9-5-3-7-19(21)16-20-8-4-6-10-22(20)23/h3-15,17H,1,16,18H2,2H3;5-12H,1,3,13-14H2,2,4H3;2-14,16H,1,15H2. The van der Waals surface area contributed by atoms with Crippen LogP contribution in [0.15, 0.2) is 255 Å². The lowest BCUT2D eigenvalue weighted by atomic mass is 9.92. The molecule has 12 rings (SSSR count). The predicted molar refractivity (Wildman–Crippen MR) is 342 cm³/mol. The van der Waals surface area contributed by atoms with E-state index in [2.05, 4.69) is 140 Å². The first-order valence-corrected chi connectivity index (χ1v) is 27.7. The molecule has 0 aliphatic carbocycles. The summed E-state index contributed by atoms with van der Waals surface area (Å²) in [6.45, 7) is 20.7. The normalized spacial score (nSPS) is 10.9. The van der Waals surface area contributed by atoms with Gasteiger partial charge in [0, 0.05) is 39.0 Å². The Labute approximate surface area is 489 Å². The SMILES string of the molecule is C=C(C)C(=O)OCc1c2ccccc2c(COC(=O)C(=C)C)c2ccccc12.C=C(C)C(=O)OCc1c2ccccc2c(Cn2cc(-c3ccccc3)nn2)c2ccccc12.C=Cc1ccc(Cc2c3ccccc3cc3ccccc23)cc1. The number of ether oxygens (including phenoxy) is 3.